The second-order valence-electron chi connectivity index (χ2n) is 8.63. The summed E-state index contributed by atoms with van der Waals surface area (Å²) in [5, 5.41) is 9.91. The van der Waals surface area contributed by atoms with Gasteiger partial charge in [-0.05, 0) is 61.0 Å². The molecule has 8 nitrogen and oxygen atoms in total. The second-order valence-corrected chi connectivity index (χ2v) is 8.63. The predicted octanol–water partition coefficient (Wildman–Crippen LogP) is 5.55. The summed E-state index contributed by atoms with van der Waals surface area (Å²) in [7, 11) is 4.98. The summed E-state index contributed by atoms with van der Waals surface area (Å²) in [6, 6.07) is 16.6. The van der Waals surface area contributed by atoms with E-state index in [-0.39, 0.29) is 5.91 Å². The Balaban J connectivity index is 1.91. The highest BCUT2D eigenvalue weighted by Crippen LogP contribution is 2.45. The molecular formula is C26H28N4O4. The number of rotatable bonds is 7. The molecule has 0 bridgehead atoms. The summed E-state index contributed by atoms with van der Waals surface area (Å²) >= 11 is 0. The minimum absolute atomic E-state index is 0.0500. The van der Waals surface area contributed by atoms with E-state index < -0.39 is 5.54 Å². The van der Waals surface area contributed by atoms with Gasteiger partial charge in [0.25, 0.3) is 5.91 Å². The van der Waals surface area contributed by atoms with Crippen molar-refractivity contribution in [3.63, 3.8) is 0 Å². The summed E-state index contributed by atoms with van der Waals surface area (Å²) in [6.45, 7) is 4.11. The number of likely N-dealkylation sites (N-methyl/N-ethyl adjacent to an activating group) is 1. The average molecular weight is 461 g/mol. The maximum Gasteiger partial charge on any atom is 0.251 e. The number of para-hydroxylation sites is 2. The van der Waals surface area contributed by atoms with Crippen LogP contribution in [-0.2, 0) is 11.3 Å². The molecule has 0 fully saturated rings. The zero-order valence-corrected chi connectivity index (χ0v) is 19.9. The molecule has 0 saturated carbocycles. The van der Waals surface area contributed by atoms with Crippen LogP contribution in [0, 0.1) is 4.91 Å². The quantitative estimate of drug-likeness (QED) is 0.449. The maximum absolute atomic E-state index is 13.1. The van der Waals surface area contributed by atoms with Crippen LogP contribution in [0.5, 0.6) is 11.5 Å². The maximum atomic E-state index is 13.1. The highest BCUT2D eigenvalue weighted by Gasteiger charge is 2.38. The van der Waals surface area contributed by atoms with E-state index in [0.717, 1.165) is 28.2 Å². The normalized spacial score (nSPS) is 14.1. The Morgan fingerprint density at radius 2 is 1.74 bits per heavy atom. The number of hydrogen-bond acceptors (Lipinski definition) is 7. The number of benzene rings is 3. The van der Waals surface area contributed by atoms with E-state index in [1.807, 2.05) is 50.2 Å². The lowest BCUT2D eigenvalue weighted by atomic mass is 9.91. The van der Waals surface area contributed by atoms with Gasteiger partial charge in [-0.2, -0.15) is 0 Å². The number of nitrogens with zero attached hydrogens (tertiary/aromatic N) is 2. The van der Waals surface area contributed by atoms with E-state index in [0.29, 0.717) is 29.3 Å². The zero-order chi connectivity index (χ0) is 24.5. The lowest BCUT2D eigenvalue weighted by molar-refractivity contribution is -0.121. The number of nitrogens with one attached hydrogen (secondary N) is 2. The molecule has 2 N–H and O–H groups in total. The fraction of sp³-hybridized carbons (Fsp3) is 0.269. The molecule has 176 valence electrons. The van der Waals surface area contributed by atoms with Gasteiger partial charge in [-0.3, -0.25) is 4.79 Å². The molecule has 0 radical (unpaired) electrons. The number of anilines is 3. The van der Waals surface area contributed by atoms with Crippen LogP contribution in [-0.4, -0.2) is 32.7 Å². The molecule has 1 heterocycles. The van der Waals surface area contributed by atoms with Crippen molar-refractivity contribution >= 4 is 28.7 Å². The van der Waals surface area contributed by atoms with E-state index in [9.17, 15) is 9.70 Å². The van der Waals surface area contributed by atoms with E-state index in [2.05, 4.69) is 15.8 Å². The predicted molar refractivity (Wildman–Crippen MR) is 135 cm³/mol. The Hall–Kier alpha value is -4.07. The van der Waals surface area contributed by atoms with Crippen molar-refractivity contribution in [2.75, 3.05) is 36.8 Å². The molecule has 8 heteroatoms. The minimum atomic E-state index is -0.740. The Morgan fingerprint density at radius 3 is 2.44 bits per heavy atom. The summed E-state index contributed by atoms with van der Waals surface area (Å²) in [5.74, 6) is 1.26. The SMILES string of the molecule is COc1ccccc1NCc1c(-c2cc(N=O)ccc2OC)ccc2c1N(C)C(=O)C(C)(C)N2. The summed E-state index contributed by atoms with van der Waals surface area (Å²) in [4.78, 5) is 26.1. The Kier molecular flexibility index (Phi) is 6.15. The molecular weight excluding hydrogens is 432 g/mol. The first-order chi connectivity index (χ1) is 16.3. The molecule has 0 aromatic heterocycles. The zero-order valence-electron chi connectivity index (χ0n) is 19.9. The number of carbonyl (C=O) groups is 1. The first-order valence-electron chi connectivity index (χ1n) is 10.9. The van der Waals surface area contributed by atoms with E-state index >= 15 is 0 Å². The molecule has 3 aromatic rings. The summed E-state index contributed by atoms with van der Waals surface area (Å²) in [5.41, 5.74) is 4.38. The molecule has 0 unspecified atom stereocenters. The van der Waals surface area contributed by atoms with Crippen molar-refractivity contribution in [1.29, 1.82) is 0 Å². The van der Waals surface area contributed by atoms with Crippen LogP contribution in [0.15, 0.2) is 59.8 Å². The van der Waals surface area contributed by atoms with Crippen molar-refractivity contribution in [1.82, 2.24) is 0 Å². The first kappa shape index (κ1) is 23.1. The summed E-state index contributed by atoms with van der Waals surface area (Å²) in [6.07, 6.45) is 0. The summed E-state index contributed by atoms with van der Waals surface area (Å²) < 4.78 is 11.1. The van der Waals surface area contributed by atoms with Crippen LogP contribution < -0.4 is 25.0 Å². The number of amides is 1. The third kappa shape index (κ3) is 4.03. The number of fused-ring (bicyclic) bond motifs is 1. The van der Waals surface area contributed by atoms with Gasteiger partial charge in [0, 0.05) is 24.7 Å². The van der Waals surface area contributed by atoms with E-state index in [1.54, 1.807) is 44.4 Å². The lowest BCUT2D eigenvalue weighted by Crippen LogP contribution is -2.52. The Morgan fingerprint density at radius 1 is 1.00 bits per heavy atom. The van der Waals surface area contributed by atoms with Gasteiger partial charge in [-0.25, -0.2) is 0 Å². The molecule has 3 aromatic carbocycles. The standard InChI is InChI=1S/C26H28N4O4/c1-26(2)25(31)30(3)24-19(15-27-20-8-6-7-9-23(20)34-5)17(11-12-21(24)28-26)18-14-16(29-32)10-13-22(18)33-4/h6-14,27-28H,15H2,1-5H3. The first-order valence-corrected chi connectivity index (χ1v) is 10.9. The lowest BCUT2D eigenvalue weighted by Gasteiger charge is -2.40. The highest BCUT2D eigenvalue weighted by molar-refractivity contribution is 6.09. The van der Waals surface area contributed by atoms with Crippen LogP contribution in [0.4, 0.5) is 22.7 Å². The molecule has 4 rings (SSSR count). The van der Waals surface area contributed by atoms with Crippen molar-refractivity contribution in [2.24, 2.45) is 5.18 Å². The average Bonchev–Trinajstić information content (AvgIpc) is 2.85. The molecule has 1 aliphatic rings. The van der Waals surface area contributed by atoms with Crippen LogP contribution in [0.25, 0.3) is 11.1 Å². The Bertz CT molecular complexity index is 1260. The van der Waals surface area contributed by atoms with Crippen LogP contribution in [0.3, 0.4) is 0 Å². The minimum Gasteiger partial charge on any atom is -0.496 e. The third-order valence-corrected chi connectivity index (χ3v) is 6.05. The third-order valence-electron chi connectivity index (χ3n) is 6.05. The van der Waals surface area contributed by atoms with E-state index in [1.165, 1.54) is 0 Å². The molecule has 0 spiro atoms. The number of nitroso groups, excluding NO2 is 1. The molecule has 0 atom stereocenters. The van der Waals surface area contributed by atoms with Gasteiger partial charge < -0.3 is 25.0 Å². The smallest absolute Gasteiger partial charge is 0.251 e. The largest absolute Gasteiger partial charge is 0.496 e. The van der Waals surface area contributed by atoms with E-state index in [4.69, 9.17) is 9.47 Å². The number of ether oxygens (including phenoxy) is 2. The van der Waals surface area contributed by atoms with Crippen molar-refractivity contribution in [2.45, 2.75) is 25.9 Å². The van der Waals surface area contributed by atoms with Gasteiger partial charge in [0.05, 0.1) is 31.3 Å². The van der Waals surface area contributed by atoms with Gasteiger partial charge in [0.15, 0.2) is 0 Å². The second kappa shape index (κ2) is 9.05. The van der Waals surface area contributed by atoms with Gasteiger partial charge in [0.1, 0.15) is 22.7 Å². The fourth-order valence-corrected chi connectivity index (χ4v) is 4.40. The molecule has 1 amide bonds. The number of carbonyl (C=O) groups excluding carboxylic acids is 1. The van der Waals surface area contributed by atoms with Crippen LogP contribution >= 0.6 is 0 Å². The molecule has 34 heavy (non-hydrogen) atoms. The van der Waals surface area contributed by atoms with Gasteiger partial charge in [-0.15, -0.1) is 4.91 Å². The molecule has 1 aliphatic heterocycles. The molecule has 0 saturated heterocycles. The number of hydrogen-bond donors (Lipinski definition) is 2. The van der Waals surface area contributed by atoms with Crippen LogP contribution in [0.1, 0.15) is 19.4 Å². The van der Waals surface area contributed by atoms with Gasteiger partial charge in [-0.1, -0.05) is 18.2 Å². The van der Waals surface area contributed by atoms with Crippen molar-refractivity contribution < 1.29 is 14.3 Å². The van der Waals surface area contributed by atoms with Crippen molar-refractivity contribution in [3.8, 4) is 22.6 Å². The van der Waals surface area contributed by atoms with Crippen molar-refractivity contribution in [3.05, 3.63) is 65.1 Å². The topological polar surface area (TPSA) is 92.3 Å². The van der Waals surface area contributed by atoms with Gasteiger partial charge in [0.2, 0.25) is 0 Å². The molecule has 0 aliphatic carbocycles. The Labute approximate surface area is 198 Å². The van der Waals surface area contributed by atoms with Crippen LogP contribution in [0.2, 0.25) is 0 Å². The number of methoxy groups -OCH3 is 2. The highest BCUT2D eigenvalue weighted by atomic mass is 16.5. The fourth-order valence-electron chi connectivity index (χ4n) is 4.40. The monoisotopic (exact) mass is 460 g/mol. The van der Waals surface area contributed by atoms with Gasteiger partial charge >= 0.3 is 0 Å².